The molecule has 3 aromatic rings. The maximum Gasteiger partial charge on any atom is 0.323 e. The lowest BCUT2D eigenvalue weighted by molar-refractivity contribution is -0.119. The molecule has 1 aliphatic heterocycles. The van der Waals surface area contributed by atoms with Gasteiger partial charge in [0.15, 0.2) is 16.7 Å². The lowest BCUT2D eigenvalue weighted by Gasteiger charge is -2.39. The van der Waals surface area contributed by atoms with Gasteiger partial charge in [-0.3, -0.25) is 10.1 Å². The second kappa shape index (κ2) is 14.1. The molecule has 222 valence electrons. The van der Waals surface area contributed by atoms with Crippen LogP contribution in [0.2, 0.25) is 0 Å². The lowest BCUT2D eigenvalue weighted by Crippen LogP contribution is -2.51. The number of halogens is 2. The number of carbonyl (C=O) groups is 2. The van der Waals surface area contributed by atoms with Crippen LogP contribution in [0.25, 0.3) is 0 Å². The highest BCUT2D eigenvalue weighted by Gasteiger charge is 2.29. The number of urea groups is 1. The van der Waals surface area contributed by atoms with Crippen molar-refractivity contribution >= 4 is 40.8 Å². The predicted molar refractivity (Wildman–Crippen MR) is 159 cm³/mol. The Morgan fingerprint density at radius 2 is 1.79 bits per heavy atom. The van der Waals surface area contributed by atoms with Crippen LogP contribution in [-0.2, 0) is 11.2 Å². The van der Waals surface area contributed by atoms with E-state index in [-0.39, 0.29) is 52.8 Å². The van der Waals surface area contributed by atoms with E-state index in [1.54, 1.807) is 0 Å². The van der Waals surface area contributed by atoms with Crippen LogP contribution in [0.3, 0.4) is 0 Å². The van der Waals surface area contributed by atoms with E-state index >= 15 is 0 Å². The minimum absolute atomic E-state index is 0.00169. The Hall–Kier alpha value is -4.23. The number of anilines is 2. The molecule has 3 N–H and O–H groups in total. The second-order valence-electron chi connectivity index (χ2n) is 10.3. The van der Waals surface area contributed by atoms with Crippen molar-refractivity contribution in [3.8, 4) is 11.6 Å². The molecule has 0 radical (unpaired) electrons. The number of ether oxygens (including phenoxy) is 1. The molecule has 3 amide bonds. The summed E-state index contributed by atoms with van der Waals surface area (Å²) < 4.78 is 33.5. The molecule has 0 saturated carbocycles. The number of nitrogens with zero attached hydrogens (tertiary/aromatic N) is 4. The van der Waals surface area contributed by atoms with Crippen molar-refractivity contribution in [1.29, 1.82) is 0 Å². The zero-order valence-electron chi connectivity index (χ0n) is 23.6. The summed E-state index contributed by atoms with van der Waals surface area (Å²) >= 11 is 5.15. The molecule has 0 bridgehead atoms. The SMILES string of the molecule is CC(C)N(C(=O)Nc1cc(Oc2ccc(NC(=S)NC(=O)Cc3ccc(F)cc3)cc2F)ncn1)C1CCN(C)CC1. The van der Waals surface area contributed by atoms with Gasteiger partial charge in [0, 0.05) is 29.9 Å². The van der Waals surface area contributed by atoms with Crippen molar-refractivity contribution < 1.29 is 23.1 Å². The molecule has 2 heterocycles. The largest absolute Gasteiger partial charge is 0.436 e. The molecular weight excluding hydrogens is 564 g/mol. The number of aromatic nitrogens is 2. The van der Waals surface area contributed by atoms with Crippen LogP contribution >= 0.6 is 12.2 Å². The van der Waals surface area contributed by atoms with Gasteiger partial charge in [0.2, 0.25) is 11.8 Å². The Morgan fingerprint density at radius 1 is 1.07 bits per heavy atom. The number of likely N-dealkylation sites (tertiary alicyclic amines) is 1. The molecule has 0 unspecified atom stereocenters. The van der Waals surface area contributed by atoms with Gasteiger partial charge in [-0.1, -0.05) is 12.1 Å². The van der Waals surface area contributed by atoms with Crippen molar-refractivity contribution in [2.45, 2.75) is 45.2 Å². The fourth-order valence-electron chi connectivity index (χ4n) is 4.63. The number of hydrogen-bond donors (Lipinski definition) is 3. The van der Waals surface area contributed by atoms with Gasteiger partial charge in [0.1, 0.15) is 18.0 Å². The van der Waals surface area contributed by atoms with E-state index in [1.165, 1.54) is 48.8 Å². The van der Waals surface area contributed by atoms with Crippen molar-refractivity contribution in [2.24, 2.45) is 0 Å². The molecule has 13 heteroatoms. The quantitative estimate of drug-likeness (QED) is 0.313. The van der Waals surface area contributed by atoms with E-state index in [0.717, 1.165) is 32.0 Å². The number of carbonyl (C=O) groups excluding carboxylic acids is 2. The molecule has 4 rings (SSSR count). The third kappa shape index (κ3) is 8.63. The number of hydrogen-bond acceptors (Lipinski definition) is 7. The minimum atomic E-state index is -0.710. The average molecular weight is 598 g/mol. The van der Waals surface area contributed by atoms with Crippen LogP contribution in [0.1, 0.15) is 32.3 Å². The molecular formula is C29H33F2N7O3S. The first-order valence-electron chi connectivity index (χ1n) is 13.5. The molecule has 42 heavy (non-hydrogen) atoms. The molecule has 2 aromatic carbocycles. The van der Waals surface area contributed by atoms with Crippen LogP contribution in [0.4, 0.5) is 25.1 Å². The minimum Gasteiger partial charge on any atom is -0.436 e. The van der Waals surface area contributed by atoms with Gasteiger partial charge in [-0.2, -0.15) is 0 Å². The van der Waals surface area contributed by atoms with E-state index in [9.17, 15) is 18.4 Å². The second-order valence-corrected chi connectivity index (χ2v) is 10.7. The normalized spacial score (nSPS) is 13.9. The summed E-state index contributed by atoms with van der Waals surface area (Å²) in [6.07, 6.45) is 2.99. The molecule has 0 atom stereocenters. The third-order valence-electron chi connectivity index (χ3n) is 6.68. The van der Waals surface area contributed by atoms with Gasteiger partial charge < -0.3 is 25.2 Å². The highest BCUT2D eigenvalue weighted by atomic mass is 32.1. The highest BCUT2D eigenvalue weighted by molar-refractivity contribution is 7.80. The van der Waals surface area contributed by atoms with Crippen LogP contribution in [0, 0.1) is 11.6 Å². The van der Waals surface area contributed by atoms with Crippen LogP contribution in [0.15, 0.2) is 54.9 Å². The highest BCUT2D eigenvalue weighted by Crippen LogP contribution is 2.27. The molecule has 0 aliphatic carbocycles. The van der Waals surface area contributed by atoms with Gasteiger partial charge in [0.25, 0.3) is 0 Å². The summed E-state index contributed by atoms with van der Waals surface area (Å²) in [6.45, 7) is 5.79. The first-order valence-corrected chi connectivity index (χ1v) is 13.9. The number of piperidine rings is 1. The van der Waals surface area contributed by atoms with E-state index in [2.05, 4.69) is 37.9 Å². The van der Waals surface area contributed by atoms with Gasteiger partial charge in [-0.15, -0.1) is 0 Å². The van der Waals surface area contributed by atoms with E-state index in [0.29, 0.717) is 5.56 Å². The molecule has 10 nitrogen and oxygen atoms in total. The Bertz CT molecular complexity index is 1420. The van der Waals surface area contributed by atoms with E-state index < -0.39 is 17.5 Å². The maximum absolute atomic E-state index is 14.9. The summed E-state index contributed by atoms with van der Waals surface area (Å²) in [5.41, 5.74) is 0.899. The van der Waals surface area contributed by atoms with Gasteiger partial charge in [-0.05, 0) is 88.9 Å². The van der Waals surface area contributed by atoms with Crippen LogP contribution in [0.5, 0.6) is 11.6 Å². The van der Waals surface area contributed by atoms with Crippen LogP contribution in [-0.4, -0.2) is 69.0 Å². The Kier molecular flexibility index (Phi) is 10.3. The first-order chi connectivity index (χ1) is 20.1. The zero-order valence-corrected chi connectivity index (χ0v) is 24.4. The van der Waals surface area contributed by atoms with Crippen LogP contribution < -0.4 is 20.7 Å². The first kappa shape index (κ1) is 30.7. The number of benzene rings is 2. The summed E-state index contributed by atoms with van der Waals surface area (Å²) in [4.78, 5) is 37.6. The topological polar surface area (TPSA) is 112 Å². The summed E-state index contributed by atoms with van der Waals surface area (Å²) in [7, 11) is 2.07. The van der Waals surface area contributed by atoms with Gasteiger partial charge in [0.05, 0.1) is 6.42 Å². The summed E-state index contributed by atoms with van der Waals surface area (Å²) in [6, 6.07) is 10.8. The zero-order chi connectivity index (χ0) is 30.2. The number of amides is 3. The third-order valence-corrected chi connectivity index (χ3v) is 6.89. The van der Waals surface area contributed by atoms with Gasteiger partial charge in [-0.25, -0.2) is 23.5 Å². The van der Waals surface area contributed by atoms with Crippen molar-refractivity contribution in [3.05, 3.63) is 72.1 Å². The molecule has 1 saturated heterocycles. The maximum atomic E-state index is 14.9. The number of rotatable bonds is 8. The number of nitrogens with one attached hydrogen (secondary N) is 3. The van der Waals surface area contributed by atoms with Crippen molar-refractivity contribution in [1.82, 2.24) is 25.1 Å². The summed E-state index contributed by atoms with van der Waals surface area (Å²) in [5.74, 6) is -1.36. The number of thiocarbonyl (C=S) groups is 1. The fourth-order valence-corrected chi connectivity index (χ4v) is 4.86. The Balaban J connectivity index is 1.33. The molecule has 1 aliphatic rings. The van der Waals surface area contributed by atoms with E-state index in [4.69, 9.17) is 17.0 Å². The van der Waals surface area contributed by atoms with Crippen molar-refractivity contribution in [2.75, 3.05) is 30.8 Å². The monoisotopic (exact) mass is 597 g/mol. The Labute approximate surface area is 248 Å². The van der Waals surface area contributed by atoms with Gasteiger partial charge >= 0.3 is 6.03 Å². The van der Waals surface area contributed by atoms with Crippen molar-refractivity contribution in [3.63, 3.8) is 0 Å². The predicted octanol–water partition coefficient (Wildman–Crippen LogP) is 4.94. The molecule has 0 spiro atoms. The fraction of sp³-hybridized carbons (Fsp3) is 0.345. The average Bonchev–Trinajstić information content (AvgIpc) is 2.92. The lowest BCUT2D eigenvalue weighted by atomic mass is 10.0. The van der Waals surface area contributed by atoms with E-state index in [1.807, 2.05) is 18.7 Å². The standard InChI is InChI=1S/C29H33F2N7O3S/c1-18(2)38(22-10-12-37(3)13-11-22)29(40)35-25-16-27(33-17-32-25)41-24-9-8-21(15-23(24)31)34-28(42)36-26(39)14-19-4-6-20(30)7-5-19/h4-9,15-18,22H,10-14H2,1-3H3,(H,32,33,35,40)(H2,34,36,39,42). The molecule has 1 fully saturated rings. The Morgan fingerprint density at radius 3 is 2.45 bits per heavy atom. The molecule has 1 aromatic heterocycles. The summed E-state index contributed by atoms with van der Waals surface area (Å²) in [5, 5.41) is 8.03. The smallest absolute Gasteiger partial charge is 0.323 e.